The summed E-state index contributed by atoms with van der Waals surface area (Å²) in [5.74, 6) is -3.70. The Labute approximate surface area is 167 Å². The molecule has 2 aliphatic rings. The average Bonchev–Trinajstić information content (AvgIpc) is 3.17. The Kier molecular flexibility index (Phi) is 4.50. The van der Waals surface area contributed by atoms with Crippen molar-refractivity contribution in [3.05, 3.63) is 65.5 Å². The van der Waals surface area contributed by atoms with E-state index in [0.29, 0.717) is 0 Å². The van der Waals surface area contributed by atoms with Gasteiger partial charge in [-0.1, -0.05) is 29.8 Å². The van der Waals surface area contributed by atoms with E-state index in [9.17, 15) is 18.8 Å². The van der Waals surface area contributed by atoms with Crippen LogP contribution < -0.4 is 10.2 Å². The van der Waals surface area contributed by atoms with Crippen LogP contribution in [0.25, 0.3) is 0 Å². The van der Waals surface area contributed by atoms with Crippen molar-refractivity contribution in [2.75, 3.05) is 12.0 Å². The van der Waals surface area contributed by atoms with Gasteiger partial charge in [-0.15, -0.1) is 0 Å². The van der Waals surface area contributed by atoms with Gasteiger partial charge in [0.05, 0.1) is 24.6 Å². The first-order chi connectivity index (χ1) is 13.8. The molecule has 0 bridgehead atoms. The molecule has 0 saturated carbocycles. The average molecular weight is 396 g/mol. The number of ether oxygens (including phenoxy) is 1. The fraction of sp³-hybridized carbons (Fsp3) is 0.318. The quantitative estimate of drug-likeness (QED) is 0.637. The van der Waals surface area contributed by atoms with E-state index in [4.69, 9.17) is 4.74 Å². The Hall–Kier alpha value is -3.06. The number of fused-ring (bicyclic) bond motifs is 1. The summed E-state index contributed by atoms with van der Waals surface area (Å²) in [6, 6.07) is 12.2. The highest BCUT2D eigenvalue weighted by molar-refractivity contribution is 6.24. The molecule has 0 spiro atoms. The SMILES string of the molecule is COC(=O)[C@]1(C)N[C@H](c2ccc(C)cc2)[C@@H]2C(=O)N(c3ccc(F)cc3)C(=O)[C@H]21. The molecule has 0 aliphatic carbocycles. The molecular formula is C22H21FN2O4. The summed E-state index contributed by atoms with van der Waals surface area (Å²) < 4.78 is 18.3. The topological polar surface area (TPSA) is 75.7 Å². The van der Waals surface area contributed by atoms with Gasteiger partial charge in [0.25, 0.3) is 0 Å². The van der Waals surface area contributed by atoms with Gasteiger partial charge in [0.1, 0.15) is 11.4 Å². The van der Waals surface area contributed by atoms with E-state index in [1.165, 1.54) is 31.4 Å². The molecule has 2 saturated heterocycles. The van der Waals surface area contributed by atoms with E-state index < -0.39 is 47.0 Å². The number of halogens is 1. The maximum atomic E-state index is 13.4. The number of benzene rings is 2. The molecule has 7 heteroatoms. The summed E-state index contributed by atoms with van der Waals surface area (Å²) >= 11 is 0. The number of imide groups is 1. The molecule has 0 radical (unpaired) electrons. The first-order valence-corrected chi connectivity index (χ1v) is 9.34. The van der Waals surface area contributed by atoms with E-state index >= 15 is 0 Å². The van der Waals surface area contributed by atoms with Crippen LogP contribution in [-0.4, -0.2) is 30.4 Å². The Balaban J connectivity index is 1.81. The van der Waals surface area contributed by atoms with E-state index in [-0.39, 0.29) is 5.69 Å². The zero-order valence-corrected chi connectivity index (χ0v) is 16.3. The standard InChI is InChI=1S/C22H21FN2O4/c1-12-4-6-13(7-5-12)18-16-17(22(2,24-18)21(28)29-3)20(27)25(19(16)26)15-10-8-14(23)9-11-15/h4-11,16-18,24H,1-3H3/t16-,17+,18-,22-/m1/s1. The first-order valence-electron chi connectivity index (χ1n) is 9.34. The lowest BCUT2D eigenvalue weighted by atomic mass is 9.80. The van der Waals surface area contributed by atoms with Crippen molar-refractivity contribution in [2.45, 2.75) is 25.4 Å². The number of anilines is 1. The molecule has 2 amide bonds. The van der Waals surface area contributed by atoms with Crippen LogP contribution in [0, 0.1) is 24.6 Å². The summed E-state index contributed by atoms with van der Waals surface area (Å²) in [5.41, 5.74) is 0.781. The van der Waals surface area contributed by atoms with Crippen LogP contribution in [-0.2, 0) is 19.1 Å². The number of carbonyl (C=O) groups excluding carboxylic acids is 3. The minimum Gasteiger partial charge on any atom is -0.468 e. The molecule has 150 valence electrons. The zero-order chi connectivity index (χ0) is 20.9. The van der Waals surface area contributed by atoms with Crippen LogP contribution in [0.15, 0.2) is 48.5 Å². The molecule has 2 fully saturated rings. The molecule has 4 rings (SSSR count). The van der Waals surface area contributed by atoms with E-state index in [1.807, 2.05) is 31.2 Å². The molecule has 0 unspecified atom stereocenters. The molecule has 2 aliphatic heterocycles. The lowest BCUT2D eigenvalue weighted by molar-refractivity contribution is -0.151. The summed E-state index contributed by atoms with van der Waals surface area (Å²) in [6.45, 7) is 3.54. The number of rotatable bonds is 3. The minimum absolute atomic E-state index is 0.283. The van der Waals surface area contributed by atoms with Crippen molar-refractivity contribution < 1.29 is 23.5 Å². The zero-order valence-electron chi connectivity index (χ0n) is 16.3. The molecule has 1 N–H and O–H groups in total. The van der Waals surface area contributed by atoms with Crippen LogP contribution in [0.4, 0.5) is 10.1 Å². The van der Waals surface area contributed by atoms with Gasteiger partial charge in [-0.25, -0.2) is 9.29 Å². The number of carbonyl (C=O) groups is 3. The van der Waals surface area contributed by atoms with Crippen LogP contribution >= 0.6 is 0 Å². The van der Waals surface area contributed by atoms with E-state index in [1.54, 1.807) is 6.92 Å². The summed E-state index contributed by atoms with van der Waals surface area (Å²) in [4.78, 5) is 40.4. The molecule has 2 aromatic rings. The fourth-order valence-corrected chi connectivity index (χ4v) is 4.44. The molecular weight excluding hydrogens is 375 g/mol. The fourth-order valence-electron chi connectivity index (χ4n) is 4.44. The maximum absolute atomic E-state index is 13.4. The number of aryl methyl sites for hydroxylation is 1. The second kappa shape index (κ2) is 6.77. The van der Waals surface area contributed by atoms with Crippen molar-refractivity contribution in [1.82, 2.24) is 5.32 Å². The number of methoxy groups -OCH3 is 1. The molecule has 2 heterocycles. The monoisotopic (exact) mass is 396 g/mol. The first kappa shape index (κ1) is 19.3. The van der Waals surface area contributed by atoms with Gasteiger partial charge in [-0.05, 0) is 43.7 Å². The van der Waals surface area contributed by atoms with Gasteiger partial charge in [0, 0.05) is 6.04 Å². The Morgan fingerprint density at radius 1 is 1.07 bits per heavy atom. The molecule has 0 aromatic heterocycles. The lowest BCUT2D eigenvalue weighted by Crippen LogP contribution is -2.54. The molecule has 2 aromatic carbocycles. The third-order valence-electron chi connectivity index (χ3n) is 5.92. The predicted molar refractivity (Wildman–Crippen MR) is 103 cm³/mol. The number of hydrogen-bond donors (Lipinski definition) is 1. The van der Waals surface area contributed by atoms with E-state index in [0.717, 1.165) is 16.0 Å². The van der Waals surface area contributed by atoms with Gasteiger partial charge < -0.3 is 4.74 Å². The summed E-state index contributed by atoms with van der Waals surface area (Å²) in [7, 11) is 1.25. The van der Waals surface area contributed by atoms with Gasteiger partial charge in [-0.3, -0.25) is 19.7 Å². The second-order valence-electron chi connectivity index (χ2n) is 7.72. The third-order valence-corrected chi connectivity index (χ3v) is 5.92. The number of esters is 1. The smallest absolute Gasteiger partial charge is 0.326 e. The molecule has 29 heavy (non-hydrogen) atoms. The molecule has 4 atom stereocenters. The second-order valence-corrected chi connectivity index (χ2v) is 7.72. The predicted octanol–water partition coefficient (Wildman–Crippen LogP) is 2.52. The third kappa shape index (κ3) is 2.84. The normalized spacial score (nSPS) is 28.6. The van der Waals surface area contributed by atoms with Crippen LogP contribution in [0.2, 0.25) is 0 Å². The number of nitrogens with zero attached hydrogens (tertiary/aromatic N) is 1. The summed E-state index contributed by atoms with van der Waals surface area (Å²) in [6.07, 6.45) is 0. The van der Waals surface area contributed by atoms with Crippen molar-refractivity contribution >= 4 is 23.5 Å². The Bertz CT molecular complexity index is 989. The summed E-state index contributed by atoms with van der Waals surface area (Å²) in [5, 5.41) is 3.19. The molecule has 6 nitrogen and oxygen atoms in total. The minimum atomic E-state index is -1.36. The Morgan fingerprint density at radius 2 is 1.69 bits per heavy atom. The van der Waals surface area contributed by atoms with Gasteiger partial charge in [0.15, 0.2) is 0 Å². The van der Waals surface area contributed by atoms with Crippen LogP contribution in [0.1, 0.15) is 24.1 Å². The van der Waals surface area contributed by atoms with Crippen LogP contribution in [0.3, 0.4) is 0 Å². The van der Waals surface area contributed by atoms with Gasteiger partial charge >= 0.3 is 5.97 Å². The largest absolute Gasteiger partial charge is 0.468 e. The maximum Gasteiger partial charge on any atom is 0.326 e. The van der Waals surface area contributed by atoms with Crippen molar-refractivity contribution in [3.8, 4) is 0 Å². The van der Waals surface area contributed by atoms with E-state index in [2.05, 4.69) is 5.32 Å². The Morgan fingerprint density at radius 3 is 2.28 bits per heavy atom. The van der Waals surface area contributed by atoms with Gasteiger partial charge in [0.2, 0.25) is 11.8 Å². The van der Waals surface area contributed by atoms with Crippen LogP contribution in [0.5, 0.6) is 0 Å². The highest BCUT2D eigenvalue weighted by Gasteiger charge is 2.67. The lowest BCUT2D eigenvalue weighted by Gasteiger charge is -2.28. The van der Waals surface area contributed by atoms with Crippen molar-refractivity contribution in [2.24, 2.45) is 11.8 Å². The number of hydrogen-bond acceptors (Lipinski definition) is 5. The highest BCUT2D eigenvalue weighted by atomic mass is 19.1. The van der Waals surface area contributed by atoms with Crippen molar-refractivity contribution in [1.29, 1.82) is 0 Å². The van der Waals surface area contributed by atoms with Crippen molar-refractivity contribution in [3.63, 3.8) is 0 Å². The number of nitrogens with one attached hydrogen (secondary N) is 1. The van der Waals surface area contributed by atoms with Gasteiger partial charge in [-0.2, -0.15) is 0 Å². The number of amides is 2. The highest BCUT2D eigenvalue weighted by Crippen LogP contribution is 2.49.